The van der Waals surface area contributed by atoms with Crippen molar-refractivity contribution < 1.29 is 4.74 Å². The highest BCUT2D eigenvalue weighted by Gasteiger charge is 2.26. The van der Waals surface area contributed by atoms with Gasteiger partial charge < -0.3 is 15.0 Å². The van der Waals surface area contributed by atoms with Gasteiger partial charge in [0.2, 0.25) is 0 Å². The summed E-state index contributed by atoms with van der Waals surface area (Å²) in [6, 6.07) is 6.64. The van der Waals surface area contributed by atoms with E-state index in [0.29, 0.717) is 6.04 Å². The topological polar surface area (TPSA) is 37.4 Å². The highest BCUT2D eigenvalue weighted by atomic mass is 16.5. The quantitative estimate of drug-likeness (QED) is 0.886. The first-order valence-corrected chi connectivity index (χ1v) is 7.33. The number of aromatic nitrogens is 1. The smallest absolute Gasteiger partial charge is 0.131 e. The Morgan fingerprint density at radius 1 is 1.42 bits per heavy atom. The first-order chi connectivity index (χ1) is 9.24. The van der Waals surface area contributed by atoms with Gasteiger partial charge in [-0.05, 0) is 31.9 Å². The third-order valence-electron chi connectivity index (χ3n) is 3.52. The minimum Gasteiger partial charge on any atom is -0.375 e. The number of nitrogens with one attached hydrogen (secondary N) is 1. The van der Waals surface area contributed by atoms with Crippen molar-refractivity contribution in [3.05, 3.63) is 18.2 Å². The van der Waals surface area contributed by atoms with Crippen molar-refractivity contribution in [2.45, 2.75) is 45.8 Å². The minimum absolute atomic E-state index is 0.275. The van der Waals surface area contributed by atoms with E-state index in [1.54, 1.807) is 0 Å². The summed E-state index contributed by atoms with van der Waals surface area (Å²) in [7, 11) is 0. The van der Waals surface area contributed by atoms with Crippen molar-refractivity contribution >= 4 is 11.6 Å². The van der Waals surface area contributed by atoms with Crippen LogP contribution in [-0.2, 0) is 4.74 Å². The zero-order valence-corrected chi connectivity index (χ0v) is 12.2. The largest absolute Gasteiger partial charge is 0.375 e. The number of hydrogen-bond acceptors (Lipinski definition) is 4. The summed E-state index contributed by atoms with van der Waals surface area (Å²) in [6.45, 7) is 9.17. The van der Waals surface area contributed by atoms with Crippen molar-refractivity contribution in [3.63, 3.8) is 0 Å². The standard InChI is InChI=1S/C15H25N3O/c1-4-9-16-14-7-6-8-15(17-14)18-10-12(3)19-11-13(18)5-2/h6-8,12-13H,4-5,9-11H2,1-3H3,(H,16,17). The van der Waals surface area contributed by atoms with Gasteiger partial charge in [0.05, 0.1) is 18.8 Å². The third-order valence-corrected chi connectivity index (χ3v) is 3.52. The molecule has 4 heteroatoms. The Kier molecular flexibility index (Phi) is 5.02. The van der Waals surface area contributed by atoms with Crippen molar-refractivity contribution in [3.8, 4) is 0 Å². The van der Waals surface area contributed by atoms with E-state index in [4.69, 9.17) is 9.72 Å². The summed E-state index contributed by atoms with van der Waals surface area (Å²) >= 11 is 0. The summed E-state index contributed by atoms with van der Waals surface area (Å²) < 4.78 is 5.74. The van der Waals surface area contributed by atoms with Gasteiger partial charge in [-0.15, -0.1) is 0 Å². The van der Waals surface area contributed by atoms with Crippen LogP contribution in [0.4, 0.5) is 11.6 Å². The number of pyridine rings is 1. The molecule has 2 atom stereocenters. The fourth-order valence-corrected chi connectivity index (χ4v) is 2.40. The second-order valence-corrected chi connectivity index (χ2v) is 5.17. The molecule has 2 rings (SSSR count). The molecule has 0 amide bonds. The average molecular weight is 263 g/mol. The maximum Gasteiger partial charge on any atom is 0.131 e. The van der Waals surface area contributed by atoms with Gasteiger partial charge in [-0.25, -0.2) is 4.98 Å². The second kappa shape index (κ2) is 6.75. The number of anilines is 2. The SMILES string of the molecule is CCCNc1cccc(N2CC(C)OCC2CC)n1. The van der Waals surface area contributed by atoms with Crippen LogP contribution in [0.2, 0.25) is 0 Å². The van der Waals surface area contributed by atoms with Crippen LogP contribution in [-0.4, -0.2) is 36.8 Å². The summed E-state index contributed by atoms with van der Waals surface area (Å²) in [6.07, 6.45) is 2.47. The number of ether oxygens (including phenoxy) is 1. The fourth-order valence-electron chi connectivity index (χ4n) is 2.40. The van der Waals surface area contributed by atoms with Gasteiger partial charge in [0.25, 0.3) is 0 Å². The normalized spacial score (nSPS) is 23.4. The molecule has 0 saturated carbocycles. The van der Waals surface area contributed by atoms with Crippen LogP contribution in [0, 0.1) is 0 Å². The van der Waals surface area contributed by atoms with E-state index in [0.717, 1.165) is 44.2 Å². The number of morpholine rings is 1. The molecule has 1 aliphatic heterocycles. The van der Waals surface area contributed by atoms with Crippen LogP contribution < -0.4 is 10.2 Å². The summed E-state index contributed by atoms with van der Waals surface area (Å²) in [5.74, 6) is 2.02. The molecule has 2 heterocycles. The van der Waals surface area contributed by atoms with Gasteiger partial charge in [0, 0.05) is 13.1 Å². The lowest BCUT2D eigenvalue weighted by Crippen LogP contribution is -2.49. The molecule has 1 aromatic heterocycles. The minimum atomic E-state index is 0.275. The average Bonchev–Trinajstić information content (AvgIpc) is 2.45. The monoisotopic (exact) mass is 263 g/mol. The van der Waals surface area contributed by atoms with Gasteiger partial charge >= 0.3 is 0 Å². The molecule has 19 heavy (non-hydrogen) atoms. The molecule has 0 bridgehead atoms. The second-order valence-electron chi connectivity index (χ2n) is 5.17. The maximum atomic E-state index is 5.74. The molecule has 0 radical (unpaired) electrons. The molecule has 1 N–H and O–H groups in total. The molecule has 0 spiro atoms. The summed E-state index contributed by atoms with van der Waals surface area (Å²) in [5.41, 5.74) is 0. The van der Waals surface area contributed by atoms with Gasteiger partial charge in [-0.1, -0.05) is 19.9 Å². The zero-order valence-electron chi connectivity index (χ0n) is 12.2. The van der Waals surface area contributed by atoms with E-state index in [9.17, 15) is 0 Å². The number of nitrogens with zero attached hydrogens (tertiary/aromatic N) is 2. The predicted octanol–water partition coefficient (Wildman–Crippen LogP) is 2.91. The van der Waals surface area contributed by atoms with Gasteiger partial charge in [0.15, 0.2) is 0 Å². The Balaban J connectivity index is 2.13. The van der Waals surface area contributed by atoms with Crippen LogP contribution in [0.1, 0.15) is 33.6 Å². The van der Waals surface area contributed by atoms with Crippen molar-refractivity contribution in [2.24, 2.45) is 0 Å². The van der Waals surface area contributed by atoms with Gasteiger partial charge in [0.1, 0.15) is 11.6 Å². The highest BCUT2D eigenvalue weighted by molar-refractivity contribution is 5.48. The van der Waals surface area contributed by atoms with Crippen molar-refractivity contribution in [1.82, 2.24) is 4.98 Å². The lowest BCUT2D eigenvalue weighted by Gasteiger charge is -2.39. The molecule has 0 aliphatic carbocycles. The fraction of sp³-hybridized carbons (Fsp3) is 0.667. The molecule has 4 nitrogen and oxygen atoms in total. The number of hydrogen-bond donors (Lipinski definition) is 1. The molecular formula is C15H25N3O. The predicted molar refractivity (Wildman–Crippen MR) is 79.9 cm³/mol. The highest BCUT2D eigenvalue weighted by Crippen LogP contribution is 2.22. The van der Waals surface area contributed by atoms with E-state index >= 15 is 0 Å². The van der Waals surface area contributed by atoms with E-state index in [1.807, 2.05) is 6.07 Å². The van der Waals surface area contributed by atoms with Crippen molar-refractivity contribution in [1.29, 1.82) is 0 Å². The molecule has 2 unspecified atom stereocenters. The maximum absolute atomic E-state index is 5.74. The third kappa shape index (κ3) is 3.60. The van der Waals surface area contributed by atoms with E-state index in [2.05, 4.69) is 43.1 Å². The first-order valence-electron chi connectivity index (χ1n) is 7.33. The molecule has 1 aromatic rings. The lowest BCUT2D eigenvalue weighted by atomic mass is 10.1. The van der Waals surface area contributed by atoms with Crippen molar-refractivity contribution in [2.75, 3.05) is 29.9 Å². The Hall–Kier alpha value is -1.29. The zero-order chi connectivity index (χ0) is 13.7. The van der Waals surface area contributed by atoms with Gasteiger partial charge in [-0.3, -0.25) is 0 Å². The molecule has 1 aliphatic rings. The Labute approximate surface area is 116 Å². The van der Waals surface area contributed by atoms with E-state index in [1.165, 1.54) is 0 Å². The lowest BCUT2D eigenvalue weighted by molar-refractivity contribution is 0.0296. The van der Waals surface area contributed by atoms with Gasteiger partial charge in [-0.2, -0.15) is 0 Å². The van der Waals surface area contributed by atoms with Crippen LogP contribution >= 0.6 is 0 Å². The van der Waals surface area contributed by atoms with Crippen LogP contribution in [0.25, 0.3) is 0 Å². The summed E-state index contributed by atoms with van der Waals surface area (Å²) in [5, 5.41) is 3.35. The molecule has 0 aromatic carbocycles. The van der Waals surface area contributed by atoms with E-state index in [-0.39, 0.29) is 6.10 Å². The molecule has 1 saturated heterocycles. The number of rotatable bonds is 5. The summed E-state index contributed by atoms with van der Waals surface area (Å²) in [4.78, 5) is 7.11. The first kappa shape index (κ1) is 14.1. The Bertz CT molecular complexity index is 397. The Morgan fingerprint density at radius 3 is 3.00 bits per heavy atom. The molecular weight excluding hydrogens is 238 g/mol. The van der Waals surface area contributed by atoms with Crippen LogP contribution in [0.3, 0.4) is 0 Å². The van der Waals surface area contributed by atoms with Crippen LogP contribution in [0.5, 0.6) is 0 Å². The van der Waals surface area contributed by atoms with E-state index < -0.39 is 0 Å². The van der Waals surface area contributed by atoms with Crippen LogP contribution in [0.15, 0.2) is 18.2 Å². The molecule has 106 valence electrons. The molecule has 1 fully saturated rings. The Morgan fingerprint density at radius 2 is 2.26 bits per heavy atom.